The number of nitrogens with one attached hydrogen (secondary N) is 2. The lowest BCUT2D eigenvalue weighted by Gasteiger charge is -2.13. The van der Waals surface area contributed by atoms with Gasteiger partial charge in [-0.1, -0.05) is 35.9 Å². The smallest absolute Gasteiger partial charge is 0.335 e. The third-order valence-electron chi connectivity index (χ3n) is 4.54. The van der Waals surface area contributed by atoms with Crippen LogP contribution >= 0.6 is 36.4 Å². The van der Waals surface area contributed by atoms with Crippen LogP contribution in [-0.2, 0) is 6.42 Å². The minimum absolute atomic E-state index is 0. The van der Waals surface area contributed by atoms with E-state index < -0.39 is 12.1 Å². The molecular weight excluding hydrogens is 459 g/mol. The molecule has 0 saturated heterocycles. The van der Waals surface area contributed by atoms with Gasteiger partial charge in [-0.05, 0) is 72.6 Å². The number of carboxylic acid groups (broad SMARTS) is 1. The Morgan fingerprint density at radius 3 is 2.13 bits per heavy atom. The van der Waals surface area contributed by atoms with Gasteiger partial charge < -0.3 is 20.8 Å². The molecule has 0 aliphatic rings. The lowest BCUT2D eigenvalue weighted by atomic mass is 10.1. The number of halogens is 3. The largest absolute Gasteiger partial charge is 0.478 e. The summed E-state index contributed by atoms with van der Waals surface area (Å²) in [6.07, 6.45) is 0.253. The number of aromatic carboxylic acids is 1. The van der Waals surface area contributed by atoms with Crippen LogP contribution in [-0.4, -0.2) is 29.3 Å². The quantitative estimate of drug-likeness (QED) is 0.303. The number of carbonyl (C=O) groups is 1. The van der Waals surface area contributed by atoms with Gasteiger partial charge in [-0.3, -0.25) is 0 Å². The monoisotopic (exact) mass is 482 g/mol. The van der Waals surface area contributed by atoms with Crippen molar-refractivity contribution in [3.05, 3.63) is 94.5 Å². The van der Waals surface area contributed by atoms with E-state index in [9.17, 15) is 9.90 Å². The molecule has 3 rings (SSSR count). The fraction of sp³-hybridized carbons (Fsp3) is 0.174. The van der Waals surface area contributed by atoms with Crippen LogP contribution in [0.1, 0.15) is 27.6 Å². The first kappa shape index (κ1) is 26.8. The SMILES string of the molecule is Cl.Cl.O=C(O)c1ccc(Nc2ccc(CCNC[C@H](O)c3cccc(Cl)c3)cc2)cc1. The highest BCUT2D eigenvalue weighted by Crippen LogP contribution is 2.19. The second-order valence-electron chi connectivity index (χ2n) is 6.73. The van der Waals surface area contributed by atoms with Crippen LogP contribution in [0.4, 0.5) is 11.4 Å². The molecule has 0 heterocycles. The normalized spacial score (nSPS) is 11.0. The van der Waals surface area contributed by atoms with Gasteiger partial charge in [0, 0.05) is 22.9 Å². The van der Waals surface area contributed by atoms with E-state index in [2.05, 4.69) is 10.6 Å². The maximum atomic E-state index is 10.9. The Hall–Kier alpha value is -2.28. The van der Waals surface area contributed by atoms with Crippen molar-refractivity contribution in [1.29, 1.82) is 0 Å². The molecule has 31 heavy (non-hydrogen) atoms. The molecule has 0 aliphatic heterocycles. The molecule has 1 atom stereocenters. The molecule has 0 saturated carbocycles. The van der Waals surface area contributed by atoms with Crippen LogP contribution in [0.15, 0.2) is 72.8 Å². The Balaban J connectivity index is 0.00000240. The summed E-state index contributed by atoms with van der Waals surface area (Å²) in [5.41, 5.74) is 4.01. The average molecular weight is 484 g/mol. The molecule has 0 unspecified atom stereocenters. The van der Waals surface area contributed by atoms with Gasteiger partial charge in [0.05, 0.1) is 11.7 Å². The van der Waals surface area contributed by atoms with Gasteiger partial charge in [-0.15, -0.1) is 24.8 Å². The number of hydrogen-bond donors (Lipinski definition) is 4. The van der Waals surface area contributed by atoms with Crippen LogP contribution < -0.4 is 10.6 Å². The van der Waals surface area contributed by atoms with E-state index in [0.29, 0.717) is 11.6 Å². The van der Waals surface area contributed by atoms with Gasteiger partial charge >= 0.3 is 5.97 Å². The standard InChI is InChI=1S/C23H23ClN2O3.2ClH/c24-19-3-1-2-18(14-19)22(27)15-25-13-12-16-4-8-20(9-5-16)26-21-10-6-17(7-11-21)23(28)29;;/h1-11,14,22,25-27H,12-13,15H2,(H,28,29);2*1H/t22-;;/m0../s1. The number of benzene rings is 3. The van der Waals surface area contributed by atoms with E-state index in [1.807, 2.05) is 36.4 Å². The fourth-order valence-corrected chi connectivity index (χ4v) is 3.12. The maximum Gasteiger partial charge on any atom is 0.335 e. The molecule has 0 spiro atoms. The van der Waals surface area contributed by atoms with Crippen LogP contribution in [0.3, 0.4) is 0 Å². The summed E-state index contributed by atoms with van der Waals surface area (Å²) in [5.74, 6) is -0.936. The number of hydrogen-bond acceptors (Lipinski definition) is 4. The van der Waals surface area contributed by atoms with Gasteiger partial charge in [0.1, 0.15) is 0 Å². The number of anilines is 2. The molecule has 0 fully saturated rings. The highest BCUT2D eigenvalue weighted by Gasteiger charge is 2.07. The van der Waals surface area contributed by atoms with E-state index in [4.69, 9.17) is 16.7 Å². The number of rotatable bonds is 9. The van der Waals surface area contributed by atoms with Gasteiger partial charge in [-0.25, -0.2) is 4.79 Å². The van der Waals surface area contributed by atoms with Crippen molar-refractivity contribution in [2.45, 2.75) is 12.5 Å². The van der Waals surface area contributed by atoms with Crippen molar-refractivity contribution in [1.82, 2.24) is 5.32 Å². The molecule has 0 radical (unpaired) electrons. The summed E-state index contributed by atoms with van der Waals surface area (Å²) < 4.78 is 0. The topological polar surface area (TPSA) is 81.6 Å². The van der Waals surface area contributed by atoms with Crippen molar-refractivity contribution in [2.75, 3.05) is 18.4 Å². The molecule has 8 heteroatoms. The van der Waals surface area contributed by atoms with Crippen molar-refractivity contribution in [3.63, 3.8) is 0 Å². The van der Waals surface area contributed by atoms with E-state index in [0.717, 1.165) is 29.9 Å². The highest BCUT2D eigenvalue weighted by molar-refractivity contribution is 6.30. The van der Waals surface area contributed by atoms with Crippen molar-refractivity contribution in [3.8, 4) is 0 Å². The molecule has 3 aromatic carbocycles. The van der Waals surface area contributed by atoms with Crippen LogP contribution in [0, 0.1) is 0 Å². The van der Waals surface area contributed by atoms with E-state index in [-0.39, 0.29) is 30.4 Å². The summed E-state index contributed by atoms with van der Waals surface area (Å²) in [6, 6.07) is 21.9. The summed E-state index contributed by atoms with van der Waals surface area (Å²) in [6.45, 7) is 1.22. The average Bonchev–Trinajstić information content (AvgIpc) is 2.72. The Labute approximate surface area is 199 Å². The molecule has 3 aromatic rings. The van der Waals surface area contributed by atoms with Crippen molar-refractivity contribution in [2.24, 2.45) is 0 Å². The second-order valence-corrected chi connectivity index (χ2v) is 7.17. The van der Waals surface area contributed by atoms with Crippen LogP contribution in [0.5, 0.6) is 0 Å². The highest BCUT2D eigenvalue weighted by atomic mass is 35.5. The second kappa shape index (κ2) is 13.2. The molecule has 0 bridgehead atoms. The predicted octanol–water partition coefficient (Wildman–Crippen LogP) is 5.49. The Bertz CT molecular complexity index is 951. The van der Waals surface area contributed by atoms with E-state index in [1.165, 1.54) is 5.56 Å². The molecule has 5 nitrogen and oxygen atoms in total. The summed E-state index contributed by atoms with van der Waals surface area (Å²) in [7, 11) is 0. The summed E-state index contributed by atoms with van der Waals surface area (Å²) in [4.78, 5) is 10.9. The zero-order valence-electron chi connectivity index (χ0n) is 16.6. The Morgan fingerprint density at radius 2 is 1.55 bits per heavy atom. The van der Waals surface area contributed by atoms with Gasteiger partial charge in [0.15, 0.2) is 0 Å². The first-order valence-corrected chi connectivity index (χ1v) is 9.72. The zero-order chi connectivity index (χ0) is 20.6. The third-order valence-corrected chi connectivity index (χ3v) is 4.77. The van der Waals surface area contributed by atoms with Crippen molar-refractivity contribution < 1.29 is 15.0 Å². The lowest BCUT2D eigenvalue weighted by Crippen LogP contribution is -2.23. The number of carboxylic acids is 1. The molecule has 166 valence electrons. The fourth-order valence-electron chi connectivity index (χ4n) is 2.92. The Morgan fingerprint density at radius 1 is 0.935 bits per heavy atom. The van der Waals surface area contributed by atoms with Gasteiger partial charge in [0.2, 0.25) is 0 Å². The third kappa shape index (κ3) is 8.40. The molecule has 0 aromatic heterocycles. The number of aliphatic hydroxyl groups is 1. The predicted molar refractivity (Wildman–Crippen MR) is 131 cm³/mol. The van der Waals surface area contributed by atoms with Gasteiger partial charge in [-0.2, -0.15) is 0 Å². The minimum atomic E-state index is -0.936. The van der Waals surface area contributed by atoms with Crippen molar-refractivity contribution >= 4 is 53.8 Å². The molecular formula is C23H25Cl3N2O3. The summed E-state index contributed by atoms with van der Waals surface area (Å²) in [5, 5.41) is 26.3. The molecule has 4 N–H and O–H groups in total. The number of aliphatic hydroxyl groups excluding tert-OH is 1. The van der Waals surface area contributed by atoms with Gasteiger partial charge in [0.25, 0.3) is 0 Å². The minimum Gasteiger partial charge on any atom is -0.478 e. The van der Waals surface area contributed by atoms with E-state index in [1.54, 1.807) is 36.4 Å². The lowest BCUT2D eigenvalue weighted by molar-refractivity contribution is 0.0697. The maximum absolute atomic E-state index is 10.9. The first-order valence-electron chi connectivity index (χ1n) is 9.35. The Kier molecular flexibility index (Phi) is 11.4. The first-order chi connectivity index (χ1) is 14.0. The van der Waals surface area contributed by atoms with Crippen LogP contribution in [0.2, 0.25) is 5.02 Å². The zero-order valence-corrected chi connectivity index (χ0v) is 19.0. The van der Waals surface area contributed by atoms with E-state index >= 15 is 0 Å². The molecule has 0 amide bonds. The van der Waals surface area contributed by atoms with Crippen LogP contribution in [0.25, 0.3) is 0 Å². The summed E-state index contributed by atoms with van der Waals surface area (Å²) >= 11 is 5.95. The molecule has 0 aliphatic carbocycles.